The van der Waals surface area contributed by atoms with Crippen molar-refractivity contribution in [1.82, 2.24) is 9.80 Å². The molecule has 1 amide bonds. The molecule has 1 aromatic carbocycles. The molecule has 4 aliphatic rings. The normalized spacial score (nSPS) is 28.4. The number of benzene rings is 1. The summed E-state index contributed by atoms with van der Waals surface area (Å²) in [4.78, 5) is 43.1. The molecule has 0 heterocycles. The zero-order chi connectivity index (χ0) is 29.3. The first-order valence-corrected chi connectivity index (χ1v) is 13.6. The Morgan fingerprint density at radius 3 is 2.40 bits per heavy atom. The lowest BCUT2D eigenvalue weighted by Crippen LogP contribution is -2.63. The fraction of sp³-hybridized carbons (Fsp3) is 0.552. The topological polar surface area (TPSA) is 174 Å². The second kappa shape index (κ2) is 9.90. The summed E-state index contributed by atoms with van der Waals surface area (Å²) in [6.45, 7) is 1.41. The van der Waals surface area contributed by atoms with Crippen molar-refractivity contribution in [2.24, 2.45) is 23.5 Å². The molecule has 0 unspecified atom stereocenters. The molecule has 0 saturated heterocycles. The summed E-state index contributed by atoms with van der Waals surface area (Å²) >= 11 is 0. The van der Waals surface area contributed by atoms with Gasteiger partial charge in [0, 0.05) is 35.7 Å². The number of nitrogens with zero attached hydrogens (tertiary/aromatic N) is 2. The number of rotatable bonds is 7. The van der Waals surface area contributed by atoms with Crippen molar-refractivity contribution >= 4 is 17.5 Å². The standard InChI is InChI=1S/C29H37N3O8/c1-31(2)22-17-9-14-8-16-20(18(33)10-15(25(16)40-4)12-32(3)11-13-6-5-7-13)23(34)19(14)26(36)29(17,39)27(37)21(24(22)35)28(30)38/h10,13-14,17,22,33,35-36,39H,5-9,11-12H2,1-4H3,(H2,30,38)/t14-,17-,22-,29-/m0/s1. The van der Waals surface area contributed by atoms with Crippen LogP contribution in [0.3, 0.4) is 0 Å². The second-order valence-electron chi connectivity index (χ2n) is 11.9. The van der Waals surface area contributed by atoms with Crippen molar-refractivity contribution in [2.75, 3.05) is 34.8 Å². The monoisotopic (exact) mass is 555 g/mol. The van der Waals surface area contributed by atoms with Crippen LogP contribution in [0.5, 0.6) is 11.5 Å². The number of phenols is 1. The lowest BCUT2D eigenvalue weighted by atomic mass is 9.58. The van der Waals surface area contributed by atoms with E-state index in [9.17, 15) is 34.8 Å². The van der Waals surface area contributed by atoms with Crippen LogP contribution in [-0.4, -0.2) is 94.1 Å². The van der Waals surface area contributed by atoms with Crippen molar-refractivity contribution in [3.63, 3.8) is 0 Å². The van der Waals surface area contributed by atoms with Gasteiger partial charge in [0.25, 0.3) is 5.91 Å². The Morgan fingerprint density at radius 2 is 1.85 bits per heavy atom. The van der Waals surface area contributed by atoms with Gasteiger partial charge in [-0.05, 0) is 64.7 Å². The number of aliphatic hydroxyl groups is 3. The minimum Gasteiger partial charge on any atom is -0.510 e. The first kappa shape index (κ1) is 28.1. The molecule has 1 aromatic rings. The zero-order valence-electron chi connectivity index (χ0n) is 23.2. The maximum Gasteiger partial charge on any atom is 0.255 e. The Kier molecular flexibility index (Phi) is 6.96. The fourth-order valence-electron chi connectivity index (χ4n) is 7.21. The van der Waals surface area contributed by atoms with Crippen LogP contribution in [0, 0.1) is 17.8 Å². The molecule has 6 N–H and O–H groups in total. The number of hydrogen-bond donors (Lipinski definition) is 5. The van der Waals surface area contributed by atoms with Crippen LogP contribution in [-0.2, 0) is 22.6 Å². The number of allylic oxidation sites excluding steroid dienone is 1. The number of aliphatic hydroxyl groups excluding tert-OH is 2. The van der Waals surface area contributed by atoms with Gasteiger partial charge >= 0.3 is 0 Å². The summed E-state index contributed by atoms with van der Waals surface area (Å²) in [6, 6.07) is 0.456. The molecule has 216 valence electrons. The molecule has 4 aliphatic carbocycles. The van der Waals surface area contributed by atoms with Crippen LogP contribution < -0.4 is 10.5 Å². The Labute approximate surface area is 232 Å². The summed E-state index contributed by atoms with van der Waals surface area (Å²) in [5, 5.41) is 45.0. The average molecular weight is 556 g/mol. The molecule has 1 fully saturated rings. The number of carbonyl (C=O) groups excluding carboxylic acids is 3. The van der Waals surface area contributed by atoms with Gasteiger partial charge in [-0.25, -0.2) is 0 Å². The lowest BCUT2D eigenvalue weighted by molar-refractivity contribution is -0.148. The second-order valence-corrected chi connectivity index (χ2v) is 11.9. The Balaban J connectivity index is 1.61. The van der Waals surface area contributed by atoms with E-state index in [4.69, 9.17) is 10.5 Å². The predicted octanol–water partition coefficient (Wildman–Crippen LogP) is 1.36. The lowest BCUT2D eigenvalue weighted by Gasteiger charge is -2.50. The van der Waals surface area contributed by atoms with Crippen LogP contribution in [0.4, 0.5) is 0 Å². The van der Waals surface area contributed by atoms with Crippen molar-refractivity contribution in [1.29, 1.82) is 0 Å². The van der Waals surface area contributed by atoms with Gasteiger partial charge in [0.1, 0.15) is 28.6 Å². The number of aromatic hydroxyl groups is 1. The molecule has 5 rings (SSSR count). The molecular formula is C29H37N3O8. The number of carbonyl (C=O) groups is 3. The quantitative estimate of drug-likeness (QED) is 0.309. The minimum absolute atomic E-state index is 0.0293. The van der Waals surface area contributed by atoms with E-state index >= 15 is 0 Å². The average Bonchev–Trinajstić information content (AvgIpc) is 2.83. The Hall–Kier alpha value is -3.41. The molecule has 11 nitrogen and oxygen atoms in total. The number of primary amides is 1. The SMILES string of the molecule is COc1c(CN(C)CC2CCC2)cc(O)c2c1C[C@H]1C[C@H]3[C@H](N(C)C)C(O)=C(C(N)=O)C(=O)[C@@]3(O)C(O)=C1C2=O. The van der Waals surface area contributed by atoms with E-state index in [0.29, 0.717) is 23.8 Å². The summed E-state index contributed by atoms with van der Waals surface area (Å²) in [5.74, 6) is -5.59. The molecule has 0 aliphatic heterocycles. The van der Waals surface area contributed by atoms with E-state index in [2.05, 4.69) is 4.90 Å². The highest BCUT2D eigenvalue weighted by Gasteiger charge is 2.63. The van der Waals surface area contributed by atoms with Gasteiger partial charge in [0.05, 0.1) is 18.7 Å². The molecule has 40 heavy (non-hydrogen) atoms. The molecule has 4 atom stereocenters. The van der Waals surface area contributed by atoms with Crippen molar-refractivity contribution < 1.29 is 39.5 Å². The van der Waals surface area contributed by atoms with Crippen molar-refractivity contribution in [3.05, 3.63) is 45.4 Å². The van der Waals surface area contributed by atoms with E-state index in [0.717, 1.165) is 12.1 Å². The first-order valence-electron chi connectivity index (χ1n) is 13.6. The maximum absolute atomic E-state index is 13.9. The van der Waals surface area contributed by atoms with Gasteiger partial charge in [-0.1, -0.05) is 6.42 Å². The van der Waals surface area contributed by atoms with Crippen LogP contribution >= 0.6 is 0 Å². The molecule has 0 spiro atoms. The Bertz CT molecular complexity index is 1360. The molecular weight excluding hydrogens is 518 g/mol. The number of fused-ring (bicyclic) bond motifs is 3. The van der Waals surface area contributed by atoms with Gasteiger partial charge in [-0.15, -0.1) is 0 Å². The molecule has 0 aromatic heterocycles. The molecule has 1 saturated carbocycles. The molecule has 0 radical (unpaired) electrons. The minimum atomic E-state index is -2.66. The van der Waals surface area contributed by atoms with Crippen molar-refractivity contribution in [2.45, 2.75) is 50.3 Å². The smallest absolute Gasteiger partial charge is 0.255 e. The summed E-state index contributed by atoms with van der Waals surface area (Å²) in [7, 11) is 6.70. The number of amides is 1. The molecule has 0 bridgehead atoms. The van der Waals surface area contributed by atoms with E-state index in [1.54, 1.807) is 14.1 Å². The predicted molar refractivity (Wildman–Crippen MR) is 144 cm³/mol. The summed E-state index contributed by atoms with van der Waals surface area (Å²) in [5.41, 5.74) is 2.87. The van der Waals surface area contributed by atoms with Gasteiger partial charge in [-0.2, -0.15) is 0 Å². The van der Waals surface area contributed by atoms with Gasteiger partial charge < -0.3 is 35.8 Å². The number of ketones is 2. The highest BCUT2D eigenvalue weighted by molar-refractivity contribution is 6.24. The van der Waals surface area contributed by atoms with Gasteiger partial charge in [0.15, 0.2) is 11.4 Å². The third-order valence-corrected chi connectivity index (χ3v) is 9.19. The van der Waals surface area contributed by atoms with Crippen LogP contribution in [0.25, 0.3) is 0 Å². The molecule has 11 heteroatoms. The summed E-state index contributed by atoms with van der Waals surface area (Å²) in [6.07, 6.45) is 3.84. The third kappa shape index (κ3) is 4.02. The first-order chi connectivity index (χ1) is 18.8. The number of methoxy groups -OCH3 is 1. The number of phenolic OH excluding ortho intramolecular Hbond substituents is 1. The van der Waals surface area contributed by atoms with Crippen LogP contribution in [0.1, 0.15) is 47.2 Å². The van der Waals surface area contributed by atoms with Gasteiger partial charge in [0.2, 0.25) is 5.78 Å². The number of likely N-dealkylation sites (N-methyl/N-ethyl adjacent to an activating group) is 1. The highest BCUT2D eigenvalue weighted by Crippen LogP contribution is 2.53. The number of hydrogen-bond acceptors (Lipinski definition) is 10. The number of nitrogens with two attached hydrogens (primary N) is 1. The largest absolute Gasteiger partial charge is 0.510 e. The number of ether oxygens (including phenoxy) is 1. The van der Waals surface area contributed by atoms with E-state index in [1.165, 1.54) is 37.3 Å². The third-order valence-electron chi connectivity index (χ3n) is 9.19. The van der Waals surface area contributed by atoms with E-state index in [-0.39, 0.29) is 29.7 Å². The van der Waals surface area contributed by atoms with Gasteiger partial charge in [-0.3, -0.25) is 19.3 Å². The Morgan fingerprint density at radius 1 is 1.18 bits per heavy atom. The van der Waals surface area contributed by atoms with Crippen LogP contribution in [0.15, 0.2) is 28.7 Å². The van der Waals surface area contributed by atoms with E-state index < -0.39 is 58.0 Å². The van der Waals surface area contributed by atoms with E-state index in [1.807, 2.05) is 7.05 Å². The highest BCUT2D eigenvalue weighted by atomic mass is 16.5. The zero-order valence-corrected chi connectivity index (χ0v) is 23.2. The van der Waals surface area contributed by atoms with Crippen molar-refractivity contribution in [3.8, 4) is 11.5 Å². The number of Topliss-reactive ketones (excluding diaryl/α,β-unsaturated/α-hetero) is 2. The summed E-state index contributed by atoms with van der Waals surface area (Å²) < 4.78 is 5.78. The van der Waals surface area contributed by atoms with Crippen LogP contribution in [0.2, 0.25) is 0 Å². The maximum atomic E-state index is 13.9. The fourth-order valence-corrected chi connectivity index (χ4v) is 7.21.